The SMILES string of the molecule is NCc1ccc(CNC2CCCCC2)c(F)c1. The first-order valence-corrected chi connectivity index (χ1v) is 6.50. The minimum absolute atomic E-state index is 0.142. The lowest BCUT2D eigenvalue weighted by Crippen LogP contribution is -2.30. The summed E-state index contributed by atoms with van der Waals surface area (Å²) in [5.74, 6) is -0.142. The van der Waals surface area contributed by atoms with E-state index in [2.05, 4.69) is 5.32 Å². The lowest BCUT2D eigenvalue weighted by atomic mass is 9.95. The Morgan fingerprint density at radius 2 is 2.00 bits per heavy atom. The Kier molecular flexibility index (Phi) is 4.51. The molecule has 3 N–H and O–H groups in total. The largest absolute Gasteiger partial charge is 0.326 e. The van der Waals surface area contributed by atoms with Crippen molar-refractivity contribution in [3.8, 4) is 0 Å². The molecular weight excluding hydrogens is 215 g/mol. The summed E-state index contributed by atoms with van der Waals surface area (Å²) in [4.78, 5) is 0. The number of halogens is 1. The zero-order valence-corrected chi connectivity index (χ0v) is 10.2. The van der Waals surface area contributed by atoms with Crippen molar-refractivity contribution in [3.05, 3.63) is 35.1 Å². The maximum atomic E-state index is 13.7. The molecule has 0 aromatic heterocycles. The van der Waals surface area contributed by atoms with Gasteiger partial charge in [-0.2, -0.15) is 0 Å². The average molecular weight is 236 g/mol. The molecule has 17 heavy (non-hydrogen) atoms. The molecule has 94 valence electrons. The standard InChI is InChI=1S/C14H21FN2/c15-14-8-11(9-16)6-7-12(14)10-17-13-4-2-1-3-5-13/h6-8,13,17H,1-5,9-10,16H2. The number of rotatable bonds is 4. The van der Waals surface area contributed by atoms with Gasteiger partial charge in [0, 0.05) is 24.7 Å². The topological polar surface area (TPSA) is 38.0 Å². The smallest absolute Gasteiger partial charge is 0.128 e. The van der Waals surface area contributed by atoms with Gasteiger partial charge in [-0.1, -0.05) is 31.4 Å². The molecule has 1 aromatic carbocycles. The van der Waals surface area contributed by atoms with Gasteiger partial charge in [-0.3, -0.25) is 0 Å². The van der Waals surface area contributed by atoms with Crippen molar-refractivity contribution in [1.82, 2.24) is 5.32 Å². The Balaban J connectivity index is 1.89. The molecule has 2 nitrogen and oxygen atoms in total. The van der Waals surface area contributed by atoms with E-state index in [1.165, 1.54) is 38.2 Å². The Morgan fingerprint density at radius 1 is 1.24 bits per heavy atom. The molecule has 0 bridgehead atoms. The zero-order chi connectivity index (χ0) is 12.1. The van der Waals surface area contributed by atoms with Crippen LogP contribution in [0.15, 0.2) is 18.2 Å². The maximum absolute atomic E-state index is 13.7. The molecule has 1 fully saturated rings. The highest BCUT2D eigenvalue weighted by molar-refractivity contribution is 5.24. The number of hydrogen-bond donors (Lipinski definition) is 2. The highest BCUT2D eigenvalue weighted by Gasteiger charge is 2.13. The summed E-state index contributed by atoms with van der Waals surface area (Å²) in [6.45, 7) is 1.02. The van der Waals surface area contributed by atoms with Crippen molar-refractivity contribution in [3.63, 3.8) is 0 Å². The molecule has 3 heteroatoms. The van der Waals surface area contributed by atoms with Crippen LogP contribution < -0.4 is 11.1 Å². The van der Waals surface area contributed by atoms with Gasteiger partial charge in [0.15, 0.2) is 0 Å². The van der Waals surface area contributed by atoms with E-state index in [9.17, 15) is 4.39 Å². The third-order valence-electron chi connectivity index (χ3n) is 3.54. The Hall–Kier alpha value is -0.930. The van der Waals surface area contributed by atoms with Crippen LogP contribution in [-0.4, -0.2) is 6.04 Å². The summed E-state index contributed by atoms with van der Waals surface area (Å²) in [6, 6.07) is 5.85. The van der Waals surface area contributed by atoms with Crippen molar-refractivity contribution in [2.75, 3.05) is 0 Å². The van der Waals surface area contributed by atoms with Gasteiger partial charge in [0.1, 0.15) is 5.82 Å². The van der Waals surface area contributed by atoms with Crippen molar-refractivity contribution >= 4 is 0 Å². The quantitative estimate of drug-likeness (QED) is 0.843. The first-order valence-electron chi connectivity index (χ1n) is 6.50. The Bertz CT molecular complexity index is 359. The molecule has 0 radical (unpaired) electrons. The second-order valence-electron chi connectivity index (χ2n) is 4.85. The average Bonchev–Trinajstić information content (AvgIpc) is 2.38. The minimum Gasteiger partial charge on any atom is -0.326 e. The van der Waals surface area contributed by atoms with E-state index in [-0.39, 0.29) is 5.82 Å². The van der Waals surface area contributed by atoms with E-state index in [4.69, 9.17) is 5.73 Å². The lowest BCUT2D eigenvalue weighted by molar-refractivity contribution is 0.370. The van der Waals surface area contributed by atoms with Crippen LogP contribution in [0, 0.1) is 5.82 Å². The summed E-state index contributed by atoms with van der Waals surface area (Å²) in [5, 5.41) is 3.44. The summed E-state index contributed by atoms with van der Waals surface area (Å²) >= 11 is 0. The molecule has 0 saturated heterocycles. The Labute approximate surface area is 102 Å². The summed E-state index contributed by atoms with van der Waals surface area (Å²) in [5.41, 5.74) is 7.07. The van der Waals surface area contributed by atoms with E-state index in [1.807, 2.05) is 12.1 Å². The van der Waals surface area contributed by atoms with Gasteiger partial charge < -0.3 is 11.1 Å². The zero-order valence-electron chi connectivity index (χ0n) is 10.2. The second kappa shape index (κ2) is 6.12. The van der Waals surface area contributed by atoms with E-state index in [0.29, 0.717) is 19.1 Å². The van der Waals surface area contributed by atoms with Gasteiger partial charge in [-0.15, -0.1) is 0 Å². The molecule has 0 unspecified atom stereocenters. The van der Waals surface area contributed by atoms with Gasteiger partial charge >= 0.3 is 0 Å². The molecule has 0 amide bonds. The Morgan fingerprint density at radius 3 is 2.65 bits per heavy atom. The van der Waals surface area contributed by atoms with Gasteiger partial charge in [0.25, 0.3) is 0 Å². The van der Waals surface area contributed by atoms with Crippen LogP contribution >= 0.6 is 0 Å². The van der Waals surface area contributed by atoms with Crippen molar-refractivity contribution in [1.29, 1.82) is 0 Å². The molecule has 1 aliphatic rings. The van der Waals surface area contributed by atoms with Gasteiger partial charge in [0.2, 0.25) is 0 Å². The van der Waals surface area contributed by atoms with Crippen molar-refractivity contribution in [2.24, 2.45) is 5.73 Å². The minimum atomic E-state index is -0.142. The highest BCUT2D eigenvalue weighted by atomic mass is 19.1. The molecule has 1 saturated carbocycles. The van der Waals surface area contributed by atoms with Gasteiger partial charge in [0.05, 0.1) is 0 Å². The monoisotopic (exact) mass is 236 g/mol. The summed E-state index contributed by atoms with van der Waals surface area (Å²) in [7, 11) is 0. The molecule has 0 aliphatic heterocycles. The third kappa shape index (κ3) is 3.51. The second-order valence-corrected chi connectivity index (χ2v) is 4.85. The number of nitrogens with one attached hydrogen (secondary N) is 1. The van der Waals surface area contributed by atoms with Crippen LogP contribution in [0.25, 0.3) is 0 Å². The van der Waals surface area contributed by atoms with E-state index in [1.54, 1.807) is 0 Å². The third-order valence-corrected chi connectivity index (χ3v) is 3.54. The fourth-order valence-electron chi connectivity index (χ4n) is 2.42. The van der Waals surface area contributed by atoms with Crippen LogP contribution in [0.5, 0.6) is 0 Å². The fraction of sp³-hybridized carbons (Fsp3) is 0.571. The molecule has 1 aromatic rings. The van der Waals surface area contributed by atoms with Crippen molar-refractivity contribution < 1.29 is 4.39 Å². The van der Waals surface area contributed by atoms with Gasteiger partial charge in [-0.25, -0.2) is 4.39 Å². The lowest BCUT2D eigenvalue weighted by Gasteiger charge is -2.23. The highest BCUT2D eigenvalue weighted by Crippen LogP contribution is 2.18. The number of hydrogen-bond acceptors (Lipinski definition) is 2. The molecule has 2 rings (SSSR count). The summed E-state index contributed by atoms with van der Waals surface area (Å²) < 4.78 is 13.7. The van der Waals surface area contributed by atoms with Crippen LogP contribution in [0.3, 0.4) is 0 Å². The van der Waals surface area contributed by atoms with Crippen molar-refractivity contribution in [2.45, 2.75) is 51.2 Å². The van der Waals surface area contributed by atoms with Crippen LogP contribution in [0.2, 0.25) is 0 Å². The first-order chi connectivity index (χ1) is 8.29. The van der Waals surface area contributed by atoms with E-state index in [0.717, 1.165) is 11.1 Å². The van der Waals surface area contributed by atoms with E-state index < -0.39 is 0 Å². The van der Waals surface area contributed by atoms with Crippen LogP contribution in [0.1, 0.15) is 43.2 Å². The molecule has 0 heterocycles. The first kappa shape index (κ1) is 12.5. The summed E-state index contributed by atoms with van der Waals surface area (Å²) in [6.07, 6.45) is 6.39. The molecule has 1 aliphatic carbocycles. The number of benzene rings is 1. The predicted molar refractivity (Wildman–Crippen MR) is 68.0 cm³/mol. The molecule has 0 atom stereocenters. The maximum Gasteiger partial charge on any atom is 0.128 e. The van der Waals surface area contributed by atoms with Gasteiger partial charge in [-0.05, 0) is 24.5 Å². The van der Waals surface area contributed by atoms with E-state index >= 15 is 0 Å². The number of nitrogens with two attached hydrogens (primary N) is 1. The van der Waals surface area contributed by atoms with Crippen LogP contribution in [-0.2, 0) is 13.1 Å². The van der Waals surface area contributed by atoms with Crippen LogP contribution in [0.4, 0.5) is 4.39 Å². The molecule has 0 spiro atoms. The normalized spacial score (nSPS) is 17.3. The predicted octanol–water partition coefficient (Wildman–Crippen LogP) is 2.71. The molecular formula is C14H21FN2. The fourth-order valence-corrected chi connectivity index (χ4v) is 2.42.